The lowest BCUT2D eigenvalue weighted by Crippen LogP contribution is -2.29. The molecule has 0 spiro atoms. The minimum absolute atomic E-state index is 0.0298. The average molecular weight is 468 g/mol. The fourth-order valence-corrected chi connectivity index (χ4v) is 3.80. The number of aliphatic hydroxyl groups excluding tert-OH is 1. The second kappa shape index (κ2) is 8.20. The van der Waals surface area contributed by atoms with Gasteiger partial charge in [-0.2, -0.15) is 0 Å². The Bertz CT molecular complexity index is 1120. The topological polar surface area (TPSA) is 80.0 Å². The normalized spacial score (nSPS) is 18.1. The highest BCUT2D eigenvalue weighted by Crippen LogP contribution is 2.41. The number of amides is 1. The minimum Gasteiger partial charge on any atom is -0.507 e. The molecule has 1 atom stereocenters. The largest absolute Gasteiger partial charge is 0.507 e. The van der Waals surface area contributed by atoms with E-state index < -0.39 is 17.7 Å². The van der Waals surface area contributed by atoms with Crippen molar-refractivity contribution in [1.29, 1.82) is 0 Å². The Morgan fingerprint density at radius 3 is 2.57 bits per heavy atom. The number of nitrogens with zero attached hydrogens (tertiary/aromatic N) is 1. The van der Waals surface area contributed by atoms with Gasteiger partial charge in [0.25, 0.3) is 11.7 Å². The molecule has 7 heteroatoms. The highest BCUT2D eigenvalue weighted by Gasteiger charge is 2.46. The SMILES string of the molecule is COc1cccc(C2C(=C(O)c3ccc(Br)cc3)C(=O)C(=O)N2Cc2ccco2)c1. The molecule has 2 aromatic carbocycles. The summed E-state index contributed by atoms with van der Waals surface area (Å²) in [5.74, 6) is -0.545. The van der Waals surface area contributed by atoms with Crippen LogP contribution in [0.3, 0.4) is 0 Å². The summed E-state index contributed by atoms with van der Waals surface area (Å²) in [7, 11) is 1.54. The first-order valence-electron chi connectivity index (χ1n) is 9.20. The lowest BCUT2D eigenvalue weighted by molar-refractivity contribution is -0.140. The summed E-state index contributed by atoms with van der Waals surface area (Å²) in [4.78, 5) is 27.3. The van der Waals surface area contributed by atoms with Crippen LogP contribution in [0.5, 0.6) is 5.75 Å². The Morgan fingerprint density at radius 1 is 1.13 bits per heavy atom. The van der Waals surface area contributed by atoms with Crippen LogP contribution in [0.1, 0.15) is 22.9 Å². The van der Waals surface area contributed by atoms with Crippen LogP contribution in [0.25, 0.3) is 5.76 Å². The molecular formula is C23H18BrNO5. The van der Waals surface area contributed by atoms with Gasteiger partial charge in [-0.3, -0.25) is 9.59 Å². The molecule has 152 valence electrons. The van der Waals surface area contributed by atoms with E-state index in [1.807, 2.05) is 0 Å². The van der Waals surface area contributed by atoms with Crippen molar-refractivity contribution in [3.63, 3.8) is 0 Å². The van der Waals surface area contributed by atoms with Crippen molar-refractivity contribution in [2.75, 3.05) is 7.11 Å². The molecule has 1 aromatic heterocycles. The minimum atomic E-state index is -0.783. The fourth-order valence-electron chi connectivity index (χ4n) is 3.53. The number of carbonyl (C=O) groups is 2. The molecule has 0 aliphatic carbocycles. The number of ketones is 1. The number of likely N-dealkylation sites (tertiary alicyclic amines) is 1. The van der Waals surface area contributed by atoms with E-state index in [0.717, 1.165) is 4.47 Å². The molecule has 0 radical (unpaired) electrons. The van der Waals surface area contributed by atoms with Crippen LogP contribution in [0.15, 0.2) is 81.4 Å². The molecule has 1 saturated heterocycles. The first-order chi connectivity index (χ1) is 14.5. The van der Waals surface area contributed by atoms with Crippen molar-refractivity contribution >= 4 is 33.4 Å². The van der Waals surface area contributed by atoms with Crippen molar-refractivity contribution in [2.45, 2.75) is 12.6 Å². The number of methoxy groups -OCH3 is 1. The van der Waals surface area contributed by atoms with Gasteiger partial charge >= 0.3 is 0 Å². The lowest BCUT2D eigenvalue weighted by atomic mass is 9.95. The molecule has 1 unspecified atom stereocenters. The summed E-state index contributed by atoms with van der Waals surface area (Å²) >= 11 is 3.36. The van der Waals surface area contributed by atoms with Crippen LogP contribution in [-0.4, -0.2) is 28.8 Å². The van der Waals surface area contributed by atoms with Crippen molar-refractivity contribution in [1.82, 2.24) is 4.90 Å². The molecule has 3 aromatic rings. The van der Waals surface area contributed by atoms with Crippen LogP contribution in [0.2, 0.25) is 0 Å². The second-order valence-corrected chi connectivity index (χ2v) is 7.71. The van der Waals surface area contributed by atoms with Crippen molar-refractivity contribution in [2.24, 2.45) is 0 Å². The standard InChI is InChI=1S/C23H18BrNO5/c1-29-17-5-2-4-15(12-17)20-19(21(26)14-7-9-16(24)10-8-14)22(27)23(28)25(20)13-18-6-3-11-30-18/h2-12,20,26H,13H2,1H3. The summed E-state index contributed by atoms with van der Waals surface area (Å²) in [6, 6.07) is 16.6. The van der Waals surface area contributed by atoms with Crippen LogP contribution in [-0.2, 0) is 16.1 Å². The van der Waals surface area contributed by atoms with E-state index in [2.05, 4.69) is 15.9 Å². The molecule has 0 bridgehead atoms. The van der Waals surface area contributed by atoms with E-state index in [-0.39, 0.29) is 17.9 Å². The Labute approximate surface area is 181 Å². The van der Waals surface area contributed by atoms with E-state index >= 15 is 0 Å². The third-order valence-electron chi connectivity index (χ3n) is 4.97. The van der Waals surface area contributed by atoms with Crippen LogP contribution < -0.4 is 4.74 Å². The van der Waals surface area contributed by atoms with Gasteiger partial charge in [0.15, 0.2) is 0 Å². The van der Waals surface area contributed by atoms with E-state index in [9.17, 15) is 14.7 Å². The second-order valence-electron chi connectivity index (χ2n) is 6.79. The predicted molar refractivity (Wildman–Crippen MR) is 114 cm³/mol. The maximum atomic E-state index is 13.0. The summed E-state index contributed by atoms with van der Waals surface area (Å²) in [5.41, 5.74) is 1.13. The van der Waals surface area contributed by atoms with Crippen molar-refractivity contribution < 1.29 is 23.8 Å². The van der Waals surface area contributed by atoms with Gasteiger partial charge in [-0.1, -0.05) is 40.2 Å². The van der Waals surface area contributed by atoms with Gasteiger partial charge in [0, 0.05) is 10.0 Å². The number of aliphatic hydroxyl groups is 1. The zero-order chi connectivity index (χ0) is 21.3. The monoisotopic (exact) mass is 467 g/mol. The number of ether oxygens (including phenoxy) is 1. The van der Waals surface area contributed by atoms with Crippen LogP contribution in [0, 0.1) is 0 Å². The molecule has 30 heavy (non-hydrogen) atoms. The van der Waals surface area contributed by atoms with Gasteiger partial charge in [-0.15, -0.1) is 0 Å². The van der Waals surface area contributed by atoms with E-state index in [0.29, 0.717) is 22.6 Å². The van der Waals surface area contributed by atoms with E-state index in [4.69, 9.17) is 9.15 Å². The molecular weight excluding hydrogens is 450 g/mol. The Kier molecular flexibility index (Phi) is 5.46. The summed E-state index contributed by atoms with van der Waals surface area (Å²) < 4.78 is 11.5. The maximum absolute atomic E-state index is 13.0. The van der Waals surface area contributed by atoms with E-state index in [1.165, 1.54) is 11.2 Å². The quantitative estimate of drug-likeness (QED) is 0.335. The van der Waals surface area contributed by atoms with Gasteiger partial charge in [0.1, 0.15) is 17.3 Å². The number of halogens is 1. The first kappa shape index (κ1) is 20.0. The fraction of sp³-hybridized carbons (Fsp3) is 0.130. The molecule has 4 rings (SSSR count). The summed E-state index contributed by atoms with van der Waals surface area (Å²) in [5, 5.41) is 11.0. The zero-order valence-corrected chi connectivity index (χ0v) is 17.6. The third-order valence-corrected chi connectivity index (χ3v) is 5.50. The predicted octanol–water partition coefficient (Wildman–Crippen LogP) is 4.67. The van der Waals surface area contributed by atoms with E-state index in [1.54, 1.807) is 67.8 Å². The maximum Gasteiger partial charge on any atom is 0.296 e. The highest BCUT2D eigenvalue weighted by atomic mass is 79.9. The number of rotatable bonds is 5. The molecule has 6 nitrogen and oxygen atoms in total. The Hall–Kier alpha value is -3.32. The summed E-state index contributed by atoms with van der Waals surface area (Å²) in [6.07, 6.45) is 1.51. The molecule has 1 aliphatic heterocycles. The number of benzene rings is 2. The van der Waals surface area contributed by atoms with Gasteiger partial charge in [-0.25, -0.2) is 0 Å². The van der Waals surface area contributed by atoms with Gasteiger partial charge in [0.05, 0.1) is 31.5 Å². The molecule has 1 fully saturated rings. The molecule has 1 aliphatic rings. The van der Waals surface area contributed by atoms with Crippen LogP contribution >= 0.6 is 15.9 Å². The van der Waals surface area contributed by atoms with Crippen molar-refractivity contribution in [3.8, 4) is 5.75 Å². The van der Waals surface area contributed by atoms with Crippen LogP contribution in [0.4, 0.5) is 0 Å². The van der Waals surface area contributed by atoms with Gasteiger partial charge in [0.2, 0.25) is 0 Å². The number of carbonyl (C=O) groups excluding carboxylic acids is 2. The lowest BCUT2D eigenvalue weighted by Gasteiger charge is -2.24. The highest BCUT2D eigenvalue weighted by molar-refractivity contribution is 9.10. The third kappa shape index (κ3) is 3.64. The van der Waals surface area contributed by atoms with Gasteiger partial charge in [-0.05, 0) is 42.0 Å². The number of hydrogen-bond acceptors (Lipinski definition) is 5. The molecule has 0 saturated carbocycles. The number of hydrogen-bond donors (Lipinski definition) is 1. The zero-order valence-electron chi connectivity index (χ0n) is 16.0. The molecule has 2 heterocycles. The molecule has 1 amide bonds. The Balaban J connectivity index is 1.87. The number of furan rings is 1. The first-order valence-corrected chi connectivity index (χ1v) is 9.99. The molecule has 1 N–H and O–H groups in total. The summed E-state index contributed by atoms with van der Waals surface area (Å²) in [6.45, 7) is 0.0938. The number of Topliss-reactive ketones (excluding diaryl/α,β-unsaturated/α-hetero) is 1. The van der Waals surface area contributed by atoms with Crippen molar-refractivity contribution in [3.05, 3.63) is 93.9 Å². The Morgan fingerprint density at radius 2 is 1.90 bits per heavy atom. The average Bonchev–Trinajstić information content (AvgIpc) is 3.36. The smallest absolute Gasteiger partial charge is 0.296 e. The van der Waals surface area contributed by atoms with Gasteiger partial charge < -0.3 is 19.2 Å².